The highest BCUT2D eigenvalue weighted by Crippen LogP contribution is 2.28. The van der Waals surface area contributed by atoms with Crippen LogP contribution in [-0.4, -0.2) is 16.2 Å². The van der Waals surface area contributed by atoms with Crippen molar-refractivity contribution in [3.05, 3.63) is 24.0 Å². The van der Waals surface area contributed by atoms with Gasteiger partial charge in [0.2, 0.25) is 0 Å². The first kappa shape index (κ1) is 10.3. The fourth-order valence-corrected chi connectivity index (χ4v) is 1.55. The zero-order valence-corrected chi connectivity index (χ0v) is 8.49. The molecule has 0 aliphatic heterocycles. The number of rotatable bonds is 3. The molecule has 0 saturated carbocycles. The molecule has 1 unspecified atom stereocenters. The zero-order valence-electron chi connectivity index (χ0n) is 8.49. The van der Waals surface area contributed by atoms with Crippen LogP contribution < -0.4 is 5.73 Å². The number of aryl methyl sites for hydroxylation is 1. The maximum atomic E-state index is 10.3. The summed E-state index contributed by atoms with van der Waals surface area (Å²) in [5.74, 6) is 0.117. The van der Waals surface area contributed by atoms with Crippen molar-refractivity contribution in [3.63, 3.8) is 0 Å². The molecule has 3 N–H and O–H groups in total. The summed E-state index contributed by atoms with van der Waals surface area (Å²) >= 11 is 0. The molecule has 3 nitrogen and oxygen atoms in total. The first-order valence-electron chi connectivity index (χ1n) is 4.56. The molecule has 0 amide bonds. The Kier molecular flexibility index (Phi) is 2.78. The van der Waals surface area contributed by atoms with E-state index in [0.29, 0.717) is 0 Å². The second-order valence-corrected chi connectivity index (χ2v) is 3.79. The maximum Gasteiger partial charge on any atom is 0.119 e. The highest BCUT2D eigenvalue weighted by atomic mass is 16.3. The van der Waals surface area contributed by atoms with Crippen LogP contribution in [0.1, 0.15) is 19.5 Å². The van der Waals surface area contributed by atoms with Gasteiger partial charge in [0.25, 0.3) is 0 Å². The quantitative estimate of drug-likeness (QED) is 0.727. The van der Waals surface area contributed by atoms with Crippen molar-refractivity contribution in [3.8, 4) is 0 Å². The van der Waals surface area contributed by atoms with Crippen LogP contribution in [0.5, 0.6) is 0 Å². The molecule has 0 bridgehead atoms. The minimum absolute atomic E-state index is 0.117. The first-order valence-corrected chi connectivity index (χ1v) is 4.56. The van der Waals surface area contributed by atoms with Crippen LogP contribution in [0, 0.1) is 5.92 Å². The van der Waals surface area contributed by atoms with Gasteiger partial charge in [-0.05, 0) is 18.1 Å². The van der Waals surface area contributed by atoms with E-state index in [9.17, 15) is 5.11 Å². The van der Waals surface area contributed by atoms with E-state index >= 15 is 0 Å². The molecule has 1 atom stereocenters. The molecule has 1 rings (SSSR count). The summed E-state index contributed by atoms with van der Waals surface area (Å²) in [6, 6.07) is 3.82. The van der Waals surface area contributed by atoms with Crippen LogP contribution in [-0.2, 0) is 12.6 Å². The SMILES string of the molecule is CC(C)C(O)(CN)c1cccn1C. The fraction of sp³-hybridized carbons (Fsp3) is 0.600. The zero-order chi connectivity index (χ0) is 10.1. The molecule has 1 aromatic rings. The molecule has 0 radical (unpaired) electrons. The van der Waals surface area contributed by atoms with Crippen molar-refractivity contribution < 1.29 is 5.11 Å². The Morgan fingerprint density at radius 3 is 2.54 bits per heavy atom. The first-order chi connectivity index (χ1) is 6.02. The number of aliphatic hydroxyl groups is 1. The highest BCUT2D eigenvalue weighted by molar-refractivity contribution is 5.17. The second-order valence-electron chi connectivity index (χ2n) is 3.79. The van der Waals surface area contributed by atoms with E-state index in [4.69, 9.17) is 5.73 Å². The Morgan fingerprint density at radius 2 is 2.23 bits per heavy atom. The van der Waals surface area contributed by atoms with Crippen molar-refractivity contribution in [1.82, 2.24) is 4.57 Å². The molecule has 0 aromatic carbocycles. The smallest absolute Gasteiger partial charge is 0.119 e. The summed E-state index contributed by atoms with van der Waals surface area (Å²) in [5.41, 5.74) is 5.58. The van der Waals surface area contributed by atoms with Gasteiger partial charge in [0.15, 0.2) is 0 Å². The predicted octanol–water partition coefficient (Wildman–Crippen LogP) is 0.827. The Labute approximate surface area is 79.2 Å². The largest absolute Gasteiger partial charge is 0.382 e. The Hall–Kier alpha value is -0.800. The van der Waals surface area contributed by atoms with E-state index in [0.717, 1.165) is 5.69 Å². The van der Waals surface area contributed by atoms with E-state index in [2.05, 4.69) is 0 Å². The molecule has 1 heterocycles. The molecule has 0 fully saturated rings. The molecule has 0 aliphatic carbocycles. The third-order valence-corrected chi connectivity index (χ3v) is 2.65. The minimum atomic E-state index is -0.905. The molecule has 74 valence electrons. The molecule has 0 aliphatic rings. The van der Waals surface area contributed by atoms with Crippen LogP contribution in [0.15, 0.2) is 18.3 Å². The molecule has 0 spiro atoms. The van der Waals surface area contributed by atoms with Crippen molar-refractivity contribution in [1.29, 1.82) is 0 Å². The van der Waals surface area contributed by atoms with Gasteiger partial charge in [-0.15, -0.1) is 0 Å². The van der Waals surface area contributed by atoms with Crippen LogP contribution in [0.4, 0.5) is 0 Å². The van der Waals surface area contributed by atoms with E-state index in [1.165, 1.54) is 0 Å². The third-order valence-electron chi connectivity index (χ3n) is 2.65. The minimum Gasteiger partial charge on any atom is -0.382 e. The fourth-order valence-electron chi connectivity index (χ4n) is 1.55. The van der Waals surface area contributed by atoms with Crippen LogP contribution >= 0.6 is 0 Å². The van der Waals surface area contributed by atoms with Crippen molar-refractivity contribution >= 4 is 0 Å². The van der Waals surface area contributed by atoms with Gasteiger partial charge in [-0.2, -0.15) is 0 Å². The topological polar surface area (TPSA) is 51.2 Å². The summed E-state index contributed by atoms with van der Waals surface area (Å²) in [6.07, 6.45) is 1.92. The average Bonchev–Trinajstić information content (AvgIpc) is 2.50. The Bertz CT molecular complexity index is 280. The van der Waals surface area contributed by atoms with Crippen LogP contribution in [0.25, 0.3) is 0 Å². The van der Waals surface area contributed by atoms with E-state index < -0.39 is 5.60 Å². The standard InChI is InChI=1S/C10H18N2O/c1-8(2)10(13,7-11)9-5-4-6-12(9)3/h4-6,8,13H,7,11H2,1-3H3. The summed E-state index contributed by atoms with van der Waals surface area (Å²) < 4.78 is 1.91. The molecular weight excluding hydrogens is 164 g/mol. The highest BCUT2D eigenvalue weighted by Gasteiger charge is 2.33. The van der Waals surface area contributed by atoms with Gasteiger partial charge in [0.1, 0.15) is 5.60 Å². The predicted molar refractivity (Wildman–Crippen MR) is 53.2 cm³/mol. The van der Waals surface area contributed by atoms with Gasteiger partial charge in [-0.25, -0.2) is 0 Å². The van der Waals surface area contributed by atoms with E-state index in [1.807, 2.05) is 43.8 Å². The van der Waals surface area contributed by atoms with Gasteiger partial charge >= 0.3 is 0 Å². The number of nitrogens with zero attached hydrogens (tertiary/aromatic N) is 1. The monoisotopic (exact) mass is 182 g/mol. The van der Waals surface area contributed by atoms with E-state index in [1.54, 1.807) is 0 Å². The molecular formula is C10H18N2O. The van der Waals surface area contributed by atoms with E-state index in [-0.39, 0.29) is 12.5 Å². The van der Waals surface area contributed by atoms with Crippen LogP contribution in [0.2, 0.25) is 0 Å². The van der Waals surface area contributed by atoms with Gasteiger partial charge in [0, 0.05) is 19.8 Å². The Balaban J connectivity index is 3.10. The summed E-state index contributed by atoms with van der Waals surface area (Å²) in [6.45, 7) is 4.20. The lowest BCUT2D eigenvalue weighted by Crippen LogP contribution is -2.41. The van der Waals surface area contributed by atoms with Gasteiger partial charge in [0.05, 0.1) is 5.69 Å². The van der Waals surface area contributed by atoms with Crippen molar-refractivity contribution in [2.75, 3.05) is 6.54 Å². The lowest BCUT2D eigenvalue weighted by molar-refractivity contribution is -0.00766. The van der Waals surface area contributed by atoms with Gasteiger partial charge < -0.3 is 15.4 Å². The molecule has 0 saturated heterocycles. The van der Waals surface area contributed by atoms with Crippen molar-refractivity contribution in [2.24, 2.45) is 18.7 Å². The maximum absolute atomic E-state index is 10.3. The van der Waals surface area contributed by atoms with Crippen molar-refractivity contribution in [2.45, 2.75) is 19.4 Å². The van der Waals surface area contributed by atoms with Gasteiger partial charge in [-0.3, -0.25) is 0 Å². The normalized spacial score (nSPS) is 16.2. The number of aromatic nitrogens is 1. The lowest BCUT2D eigenvalue weighted by atomic mass is 9.87. The number of hydrogen-bond acceptors (Lipinski definition) is 2. The molecule has 3 heteroatoms. The second kappa shape index (κ2) is 3.52. The third kappa shape index (κ3) is 1.62. The lowest BCUT2D eigenvalue weighted by Gasteiger charge is -2.31. The average molecular weight is 182 g/mol. The van der Waals surface area contributed by atoms with Gasteiger partial charge in [-0.1, -0.05) is 13.8 Å². The van der Waals surface area contributed by atoms with Crippen LogP contribution in [0.3, 0.4) is 0 Å². The Morgan fingerprint density at radius 1 is 1.62 bits per heavy atom. The number of hydrogen-bond donors (Lipinski definition) is 2. The molecule has 13 heavy (non-hydrogen) atoms. The summed E-state index contributed by atoms with van der Waals surface area (Å²) in [5, 5.41) is 10.3. The molecule has 1 aromatic heterocycles. The summed E-state index contributed by atoms with van der Waals surface area (Å²) in [7, 11) is 1.92. The summed E-state index contributed by atoms with van der Waals surface area (Å²) in [4.78, 5) is 0. The number of nitrogens with two attached hydrogens (primary N) is 1.